The second kappa shape index (κ2) is 6.18. The maximum atomic E-state index is 13.0. The lowest BCUT2D eigenvalue weighted by Crippen LogP contribution is -2.08. The van der Waals surface area contributed by atoms with Gasteiger partial charge in [0.15, 0.2) is 0 Å². The smallest absolute Gasteiger partial charge is 0.248 e. The molecular formula is C18H12FN3O2S. The average molecular weight is 353 g/mol. The average Bonchev–Trinajstić information content (AvgIpc) is 3.11. The van der Waals surface area contributed by atoms with E-state index in [9.17, 15) is 9.18 Å². The summed E-state index contributed by atoms with van der Waals surface area (Å²) < 4.78 is 18.7. The van der Waals surface area contributed by atoms with Crippen molar-refractivity contribution in [2.24, 2.45) is 0 Å². The summed E-state index contributed by atoms with van der Waals surface area (Å²) in [5, 5.41) is 8.31. The third kappa shape index (κ3) is 2.94. The Balaban J connectivity index is 1.76. The van der Waals surface area contributed by atoms with Gasteiger partial charge in [-0.1, -0.05) is 18.2 Å². The van der Waals surface area contributed by atoms with Crippen LogP contribution in [-0.4, -0.2) is 15.2 Å². The van der Waals surface area contributed by atoms with Crippen molar-refractivity contribution in [3.8, 4) is 11.5 Å². The maximum absolute atomic E-state index is 13.0. The van der Waals surface area contributed by atoms with E-state index in [4.69, 9.17) is 4.42 Å². The quantitative estimate of drug-likeness (QED) is 0.551. The Kier molecular flexibility index (Phi) is 3.85. The van der Waals surface area contributed by atoms with Crippen molar-refractivity contribution in [1.29, 1.82) is 0 Å². The van der Waals surface area contributed by atoms with Crippen LogP contribution in [0.4, 0.5) is 4.39 Å². The fraction of sp³-hybridized carbons (Fsp3) is 0.0556. The molecule has 0 aliphatic carbocycles. The standard InChI is InChI=1S/C18H12FN3O2S/c19-11-7-5-10(6-8-11)17-21-22-18(24-17)16(25)13-9-15(23)20-14-4-2-1-3-12(13)14/h1-9,16,25H,(H,20,23). The number of rotatable bonds is 3. The van der Waals surface area contributed by atoms with Crippen LogP contribution >= 0.6 is 12.6 Å². The molecule has 4 rings (SSSR count). The predicted molar refractivity (Wildman–Crippen MR) is 95.1 cm³/mol. The molecule has 0 aliphatic heterocycles. The molecule has 2 aromatic carbocycles. The third-order valence-corrected chi connectivity index (χ3v) is 4.34. The van der Waals surface area contributed by atoms with Crippen molar-refractivity contribution in [1.82, 2.24) is 15.2 Å². The maximum Gasteiger partial charge on any atom is 0.248 e. The van der Waals surface area contributed by atoms with Crippen LogP contribution < -0.4 is 5.56 Å². The molecule has 2 aromatic heterocycles. The number of nitrogens with zero attached hydrogens (tertiary/aromatic N) is 2. The number of hydrogen-bond acceptors (Lipinski definition) is 5. The molecule has 0 saturated carbocycles. The Hall–Kier alpha value is -2.93. The zero-order valence-electron chi connectivity index (χ0n) is 12.8. The molecule has 5 nitrogen and oxygen atoms in total. The molecule has 0 saturated heterocycles. The van der Waals surface area contributed by atoms with Gasteiger partial charge in [0.2, 0.25) is 17.3 Å². The summed E-state index contributed by atoms with van der Waals surface area (Å²) in [5.41, 5.74) is 1.77. The largest absolute Gasteiger partial charge is 0.419 e. The van der Waals surface area contributed by atoms with Crippen molar-refractivity contribution in [3.63, 3.8) is 0 Å². The highest BCUT2D eigenvalue weighted by atomic mass is 32.1. The Morgan fingerprint density at radius 1 is 1.08 bits per heavy atom. The summed E-state index contributed by atoms with van der Waals surface area (Å²) in [6.07, 6.45) is 0. The number of para-hydroxylation sites is 1. The van der Waals surface area contributed by atoms with Gasteiger partial charge in [-0.15, -0.1) is 10.2 Å². The first-order valence-corrected chi connectivity index (χ1v) is 8.03. The molecular weight excluding hydrogens is 341 g/mol. The van der Waals surface area contributed by atoms with Gasteiger partial charge in [-0.05, 0) is 35.9 Å². The number of hydrogen-bond donors (Lipinski definition) is 2. The number of nitrogens with one attached hydrogen (secondary N) is 1. The van der Waals surface area contributed by atoms with Crippen molar-refractivity contribution in [2.75, 3.05) is 0 Å². The normalized spacial score (nSPS) is 12.4. The highest BCUT2D eigenvalue weighted by Crippen LogP contribution is 2.32. The van der Waals surface area contributed by atoms with Crippen LogP contribution in [0.3, 0.4) is 0 Å². The van der Waals surface area contributed by atoms with Crippen LogP contribution in [0.25, 0.3) is 22.4 Å². The summed E-state index contributed by atoms with van der Waals surface area (Å²) in [4.78, 5) is 14.7. The van der Waals surface area contributed by atoms with Crippen molar-refractivity contribution >= 4 is 23.5 Å². The number of halogens is 1. The molecule has 0 fully saturated rings. The van der Waals surface area contributed by atoms with Gasteiger partial charge in [0.05, 0.1) is 0 Å². The van der Waals surface area contributed by atoms with E-state index in [0.717, 1.165) is 5.39 Å². The summed E-state index contributed by atoms with van der Waals surface area (Å²) >= 11 is 4.57. The van der Waals surface area contributed by atoms with Crippen LogP contribution in [0, 0.1) is 5.82 Å². The Bertz CT molecular complexity index is 1110. The monoisotopic (exact) mass is 353 g/mol. The topological polar surface area (TPSA) is 71.8 Å². The molecule has 0 bridgehead atoms. The SMILES string of the molecule is O=c1cc(C(S)c2nnc(-c3ccc(F)cc3)o2)c2ccccc2[nH]1. The first-order valence-electron chi connectivity index (χ1n) is 7.51. The van der Waals surface area contributed by atoms with Crippen LogP contribution in [-0.2, 0) is 0 Å². The number of pyridine rings is 1. The molecule has 1 atom stereocenters. The number of H-pyrrole nitrogens is 1. The summed E-state index contributed by atoms with van der Waals surface area (Å²) in [5.74, 6) is 0.187. The lowest BCUT2D eigenvalue weighted by molar-refractivity contribution is 0.516. The first-order chi connectivity index (χ1) is 12.1. The number of thiol groups is 1. The molecule has 25 heavy (non-hydrogen) atoms. The second-order valence-corrected chi connectivity index (χ2v) is 6.01. The van der Waals surface area contributed by atoms with Crippen molar-refractivity contribution in [3.05, 3.63) is 82.2 Å². The Labute approximate surface area is 146 Å². The van der Waals surface area contributed by atoms with Gasteiger partial charge in [0.25, 0.3) is 0 Å². The number of aromatic nitrogens is 3. The van der Waals surface area contributed by atoms with Crippen LogP contribution in [0.1, 0.15) is 16.7 Å². The molecule has 1 unspecified atom stereocenters. The van der Waals surface area contributed by atoms with Crippen LogP contribution in [0.5, 0.6) is 0 Å². The van der Waals surface area contributed by atoms with E-state index in [2.05, 4.69) is 27.8 Å². The Morgan fingerprint density at radius 3 is 2.64 bits per heavy atom. The molecule has 1 N–H and O–H groups in total. The van der Waals surface area contributed by atoms with E-state index in [1.54, 1.807) is 12.1 Å². The number of benzene rings is 2. The van der Waals surface area contributed by atoms with E-state index in [1.165, 1.54) is 18.2 Å². The van der Waals surface area contributed by atoms with Crippen molar-refractivity contribution in [2.45, 2.75) is 5.25 Å². The van der Waals surface area contributed by atoms with Gasteiger partial charge in [0, 0.05) is 22.5 Å². The molecule has 0 amide bonds. The van der Waals surface area contributed by atoms with Gasteiger partial charge >= 0.3 is 0 Å². The van der Waals surface area contributed by atoms with Crippen LogP contribution in [0.15, 0.2) is 63.8 Å². The highest BCUT2D eigenvalue weighted by molar-refractivity contribution is 7.80. The first kappa shape index (κ1) is 15.6. The van der Waals surface area contributed by atoms with Gasteiger partial charge < -0.3 is 9.40 Å². The fourth-order valence-corrected chi connectivity index (χ4v) is 2.96. The minimum absolute atomic E-state index is 0.231. The van der Waals surface area contributed by atoms with E-state index < -0.39 is 5.25 Å². The second-order valence-electron chi connectivity index (χ2n) is 5.49. The lowest BCUT2D eigenvalue weighted by Gasteiger charge is -2.09. The minimum Gasteiger partial charge on any atom is -0.419 e. The highest BCUT2D eigenvalue weighted by Gasteiger charge is 2.20. The van der Waals surface area contributed by atoms with E-state index in [-0.39, 0.29) is 23.2 Å². The van der Waals surface area contributed by atoms with E-state index >= 15 is 0 Å². The molecule has 4 aromatic rings. The van der Waals surface area contributed by atoms with Gasteiger partial charge in [0.1, 0.15) is 11.1 Å². The van der Waals surface area contributed by atoms with Gasteiger partial charge in [-0.3, -0.25) is 4.79 Å². The Morgan fingerprint density at radius 2 is 1.84 bits per heavy atom. The molecule has 0 spiro atoms. The summed E-state index contributed by atoms with van der Waals surface area (Å²) in [6, 6.07) is 14.7. The molecule has 0 aliphatic rings. The summed E-state index contributed by atoms with van der Waals surface area (Å²) in [6.45, 7) is 0. The van der Waals surface area contributed by atoms with E-state index in [0.29, 0.717) is 16.6 Å². The number of aromatic amines is 1. The number of fused-ring (bicyclic) bond motifs is 1. The lowest BCUT2D eigenvalue weighted by atomic mass is 10.1. The van der Waals surface area contributed by atoms with E-state index in [1.807, 2.05) is 24.3 Å². The zero-order chi connectivity index (χ0) is 17.4. The third-order valence-electron chi connectivity index (χ3n) is 3.84. The fourth-order valence-electron chi connectivity index (χ4n) is 2.65. The van der Waals surface area contributed by atoms with Gasteiger partial charge in [-0.2, -0.15) is 12.6 Å². The molecule has 7 heteroatoms. The molecule has 124 valence electrons. The van der Waals surface area contributed by atoms with Gasteiger partial charge in [-0.25, -0.2) is 4.39 Å². The summed E-state index contributed by atoms with van der Waals surface area (Å²) in [7, 11) is 0. The zero-order valence-corrected chi connectivity index (χ0v) is 13.7. The minimum atomic E-state index is -0.561. The van der Waals surface area contributed by atoms with Crippen LogP contribution in [0.2, 0.25) is 0 Å². The van der Waals surface area contributed by atoms with Crippen molar-refractivity contribution < 1.29 is 8.81 Å². The molecule has 0 radical (unpaired) electrons. The molecule has 2 heterocycles. The predicted octanol–water partition coefficient (Wildman–Crippen LogP) is 3.74.